The van der Waals surface area contributed by atoms with Crippen LogP contribution in [0, 0.1) is 5.82 Å². The van der Waals surface area contributed by atoms with Crippen LogP contribution >= 0.6 is 0 Å². The molecule has 0 atom stereocenters. The van der Waals surface area contributed by atoms with Crippen LogP contribution in [0.5, 0.6) is 0 Å². The Bertz CT molecular complexity index is 930. The van der Waals surface area contributed by atoms with E-state index in [-0.39, 0.29) is 17.5 Å². The van der Waals surface area contributed by atoms with Crippen molar-refractivity contribution in [3.05, 3.63) is 75.9 Å². The number of benzene rings is 2. The number of hydrogen-bond donors (Lipinski definition) is 1. The number of hydrogen-bond acceptors (Lipinski definition) is 3. The summed E-state index contributed by atoms with van der Waals surface area (Å²) in [4.78, 5) is 12.0. The number of fused-ring (bicyclic) bond motifs is 1. The van der Waals surface area contributed by atoms with E-state index in [2.05, 4.69) is 5.32 Å². The number of para-hydroxylation sites is 1. The molecule has 2 aromatic carbocycles. The third-order valence-electron chi connectivity index (χ3n) is 3.48. The highest BCUT2D eigenvalue weighted by atomic mass is 19.4. The Hall–Kier alpha value is -2.83. The maximum Gasteiger partial charge on any atom is 0.419 e. The van der Waals surface area contributed by atoms with Crippen LogP contribution in [-0.4, -0.2) is 0 Å². The smallest absolute Gasteiger partial charge is 0.419 e. The maximum atomic E-state index is 13.5. The van der Waals surface area contributed by atoms with Gasteiger partial charge in [0.05, 0.1) is 5.56 Å². The van der Waals surface area contributed by atoms with Crippen molar-refractivity contribution < 1.29 is 22.0 Å². The number of anilines is 1. The van der Waals surface area contributed by atoms with E-state index in [1.54, 1.807) is 0 Å². The highest BCUT2D eigenvalue weighted by molar-refractivity contribution is 5.85. The third kappa shape index (κ3) is 3.10. The fraction of sp³-hybridized carbons (Fsp3) is 0.118. The Morgan fingerprint density at radius 2 is 1.67 bits per heavy atom. The zero-order valence-corrected chi connectivity index (χ0v) is 12.2. The lowest BCUT2D eigenvalue weighted by atomic mass is 10.1. The zero-order chi connectivity index (χ0) is 17.3. The lowest BCUT2D eigenvalue weighted by Gasteiger charge is -2.15. The molecular weight excluding hydrogens is 326 g/mol. The molecule has 1 N–H and O–H groups in total. The predicted molar refractivity (Wildman–Crippen MR) is 81.2 cm³/mol. The van der Waals surface area contributed by atoms with Crippen LogP contribution in [0.2, 0.25) is 0 Å². The molecule has 24 heavy (non-hydrogen) atoms. The molecule has 0 aliphatic rings. The fourth-order valence-electron chi connectivity index (χ4n) is 2.40. The molecule has 0 amide bonds. The molecule has 0 aliphatic heterocycles. The quantitative estimate of drug-likeness (QED) is 0.563. The summed E-state index contributed by atoms with van der Waals surface area (Å²) >= 11 is 0. The van der Waals surface area contributed by atoms with Crippen LogP contribution in [-0.2, 0) is 12.7 Å². The largest absolute Gasteiger partial charge is 0.421 e. The minimum Gasteiger partial charge on any atom is -0.421 e. The van der Waals surface area contributed by atoms with E-state index in [4.69, 9.17) is 4.42 Å². The predicted octanol–water partition coefficient (Wildman–Crippen LogP) is 4.56. The van der Waals surface area contributed by atoms with Crippen molar-refractivity contribution in [3.8, 4) is 0 Å². The minimum atomic E-state index is -4.74. The molecule has 0 saturated heterocycles. The normalized spacial score (nSPS) is 11.7. The van der Waals surface area contributed by atoms with Gasteiger partial charge in [0.1, 0.15) is 17.1 Å². The SMILES string of the molecule is O=c1oc2ccccc2c(C(F)(F)F)c1NCc1ccc(F)cc1. The van der Waals surface area contributed by atoms with Gasteiger partial charge in [0, 0.05) is 11.9 Å². The Kier molecular flexibility index (Phi) is 4.01. The maximum absolute atomic E-state index is 13.5. The van der Waals surface area contributed by atoms with Crippen molar-refractivity contribution >= 4 is 16.7 Å². The third-order valence-corrected chi connectivity index (χ3v) is 3.48. The van der Waals surface area contributed by atoms with Crippen LogP contribution in [0.15, 0.2) is 57.7 Å². The van der Waals surface area contributed by atoms with Crippen molar-refractivity contribution in [1.82, 2.24) is 0 Å². The molecule has 0 bridgehead atoms. The Balaban J connectivity index is 2.07. The average molecular weight is 337 g/mol. The second-order valence-corrected chi connectivity index (χ2v) is 5.11. The van der Waals surface area contributed by atoms with Gasteiger partial charge >= 0.3 is 11.8 Å². The van der Waals surface area contributed by atoms with Crippen molar-refractivity contribution in [3.63, 3.8) is 0 Å². The summed E-state index contributed by atoms with van der Waals surface area (Å²) in [5.41, 5.74) is -2.45. The molecule has 3 nitrogen and oxygen atoms in total. The average Bonchev–Trinajstić information content (AvgIpc) is 2.53. The van der Waals surface area contributed by atoms with Crippen LogP contribution in [0.1, 0.15) is 11.1 Å². The minimum absolute atomic E-state index is 0.0769. The van der Waals surface area contributed by atoms with Crippen molar-refractivity contribution in [1.29, 1.82) is 0 Å². The molecule has 3 aromatic rings. The van der Waals surface area contributed by atoms with Crippen LogP contribution < -0.4 is 10.9 Å². The molecule has 0 spiro atoms. The first-order chi connectivity index (χ1) is 11.4. The highest BCUT2D eigenvalue weighted by Crippen LogP contribution is 2.38. The van der Waals surface area contributed by atoms with Crippen molar-refractivity contribution in [2.75, 3.05) is 5.32 Å². The van der Waals surface area contributed by atoms with Gasteiger partial charge in [-0.2, -0.15) is 13.2 Å². The van der Waals surface area contributed by atoms with E-state index in [1.165, 1.54) is 48.5 Å². The van der Waals surface area contributed by atoms with Gasteiger partial charge < -0.3 is 9.73 Å². The van der Waals surface area contributed by atoms with Gasteiger partial charge in [-0.25, -0.2) is 9.18 Å². The van der Waals surface area contributed by atoms with Crippen LogP contribution in [0.4, 0.5) is 23.2 Å². The van der Waals surface area contributed by atoms with Gasteiger partial charge in [0.2, 0.25) is 0 Å². The van der Waals surface area contributed by atoms with Crippen LogP contribution in [0.25, 0.3) is 11.0 Å². The molecule has 0 unspecified atom stereocenters. The van der Waals surface area contributed by atoms with E-state index < -0.39 is 28.9 Å². The summed E-state index contributed by atoms with van der Waals surface area (Å²) in [6, 6.07) is 10.7. The Morgan fingerprint density at radius 3 is 2.33 bits per heavy atom. The molecule has 0 aliphatic carbocycles. The first-order valence-electron chi connectivity index (χ1n) is 6.97. The van der Waals surface area contributed by atoms with Gasteiger partial charge in [-0.05, 0) is 23.8 Å². The van der Waals surface area contributed by atoms with Gasteiger partial charge in [-0.1, -0.05) is 30.3 Å². The van der Waals surface area contributed by atoms with Crippen molar-refractivity contribution in [2.24, 2.45) is 0 Å². The summed E-state index contributed by atoms with van der Waals surface area (Å²) in [6.45, 7) is -0.0769. The summed E-state index contributed by atoms with van der Waals surface area (Å²) in [5.74, 6) is -0.458. The van der Waals surface area contributed by atoms with Gasteiger partial charge in [-0.15, -0.1) is 0 Å². The van der Waals surface area contributed by atoms with Crippen molar-refractivity contribution in [2.45, 2.75) is 12.7 Å². The molecule has 1 aromatic heterocycles. The Morgan fingerprint density at radius 1 is 1.00 bits per heavy atom. The summed E-state index contributed by atoms with van der Waals surface area (Å²) in [6.07, 6.45) is -4.74. The van der Waals surface area contributed by atoms with E-state index in [9.17, 15) is 22.4 Å². The molecule has 1 heterocycles. The van der Waals surface area contributed by atoms with Crippen LogP contribution in [0.3, 0.4) is 0 Å². The lowest BCUT2D eigenvalue weighted by Crippen LogP contribution is -2.19. The molecule has 0 saturated carbocycles. The molecular formula is C17H11F4NO2. The molecule has 0 fully saturated rings. The van der Waals surface area contributed by atoms with Gasteiger partial charge in [-0.3, -0.25) is 0 Å². The molecule has 0 radical (unpaired) electrons. The van der Waals surface area contributed by atoms with E-state index in [1.807, 2.05) is 0 Å². The second kappa shape index (κ2) is 5.99. The number of nitrogens with one attached hydrogen (secondary N) is 1. The van der Waals surface area contributed by atoms with Gasteiger partial charge in [0.25, 0.3) is 0 Å². The molecule has 3 rings (SSSR count). The summed E-state index contributed by atoms with van der Waals surface area (Å²) in [5, 5.41) is 2.26. The monoisotopic (exact) mass is 337 g/mol. The summed E-state index contributed by atoms with van der Waals surface area (Å²) < 4.78 is 58.2. The molecule has 7 heteroatoms. The molecule has 124 valence electrons. The fourth-order valence-corrected chi connectivity index (χ4v) is 2.40. The number of alkyl halides is 3. The number of rotatable bonds is 3. The lowest BCUT2D eigenvalue weighted by molar-refractivity contribution is -0.135. The number of halogens is 4. The van der Waals surface area contributed by atoms with Gasteiger partial charge in [0.15, 0.2) is 0 Å². The van der Waals surface area contributed by atoms with E-state index >= 15 is 0 Å². The second-order valence-electron chi connectivity index (χ2n) is 5.11. The highest BCUT2D eigenvalue weighted by Gasteiger charge is 2.37. The standard InChI is InChI=1S/C17H11F4NO2/c18-11-7-5-10(6-8-11)9-22-15-14(17(19,20)21)12-3-1-2-4-13(12)24-16(15)23/h1-8,22H,9H2. The van der Waals surface area contributed by atoms with E-state index in [0.717, 1.165) is 0 Å². The first-order valence-corrected chi connectivity index (χ1v) is 6.97. The first kappa shape index (κ1) is 16.0. The van der Waals surface area contributed by atoms with E-state index in [0.29, 0.717) is 5.56 Å². The Labute approximate surface area is 133 Å². The zero-order valence-electron chi connectivity index (χ0n) is 12.2. The summed E-state index contributed by atoms with van der Waals surface area (Å²) in [7, 11) is 0. The topological polar surface area (TPSA) is 42.2 Å².